The lowest BCUT2D eigenvalue weighted by molar-refractivity contribution is -0.116. The lowest BCUT2D eigenvalue weighted by Gasteiger charge is -2.11. The smallest absolute Gasteiger partial charge is 0.251 e. The molecule has 3 aromatic rings. The molecule has 0 aliphatic rings. The van der Waals surface area contributed by atoms with Crippen molar-refractivity contribution in [2.24, 2.45) is 0 Å². The fraction of sp³-hybridized carbons (Fsp3) is 0.0909. The maximum absolute atomic E-state index is 12.3. The summed E-state index contributed by atoms with van der Waals surface area (Å²) in [7, 11) is 0. The number of para-hydroxylation sites is 1. The third kappa shape index (κ3) is 5.19. The van der Waals surface area contributed by atoms with Gasteiger partial charge in [-0.2, -0.15) is 0 Å². The summed E-state index contributed by atoms with van der Waals surface area (Å²) in [6.45, 7) is 0.251. The molecule has 0 radical (unpaired) electrons. The molecule has 3 aromatic carbocycles. The number of rotatable bonds is 6. The van der Waals surface area contributed by atoms with Gasteiger partial charge in [0.1, 0.15) is 0 Å². The number of hydrogen-bond donors (Lipinski definition) is 2. The zero-order chi connectivity index (χ0) is 19.1. The Morgan fingerprint density at radius 3 is 2.22 bits per heavy atom. The molecule has 4 nitrogen and oxygen atoms in total. The van der Waals surface area contributed by atoms with E-state index in [0.717, 1.165) is 16.8 Å². The van der Waals surface area contributed by atoms with Crippen LogP contribution in [0.2, 0.25) is 5.02 Å². The molecule has 136 valence electrons. The Morgan fingerprint density at radius 2 is 1.48 bits per heavy atom. The van der Waals surface area contributed by atoms with E-state index >= 15 is 0 Å². The first-order valence-electron chi connectivity index (χ1n) is 8.61. The summed E-state index contributed by atoms with van der Waals surface area (Å²) < 4.78 is 0. The average Bonchev–Trinajstić information content (AvgIpc) is 2.69. The molecular formula is C22H19ClN2O2. The molecule has 0 atom stereocenters. The van der Waals surface area contributed by atoms with Crippen LogP contribution in [-0.4, -0.2) is 18.4 Å². The summed E-state index contributed by atoms with van der Waals surface area (Å²) in [5.41, 5.74) is 3.24. The van der Waals surface area contributed by atoms with Gasteiger partial charge in [0, 0.05) is 34.8 Å². The molecule has 0 bridgehead atoms. The summed E-state index contributed by atoms with van der Waals surface area (Å²) >= 11 is 5.81. The van der Waals surface area contributed by atoms with Crippen molar-refractivity contribution in [1.29, 1.82) is 0 Å². The van der Waals surface area contributed by atoms with Crippen LogP contribution in [0.3, 0.4) is 0 Å². The van der Waals surface area contributed by atoms with Gasteiger partial charge in [-0.05, 0) is 35.9 Å². The SMILES string of the molecule is O=C(CCNC(=O)c1ccc(Cl)cc1)Nc1ccccc1-c1ccccc1. The zero-order valence-corrected chi connectivity index (χ0v) is 15.4. The molecule has 5 heteroatoms. The third-order valence-corrected chi connectivity index (χ3v) is 4.28. The average molecular weight is 379 g/mol. The van der Waals surface area contributed by atoms with Gasteiger partial charge in [-0.1, -0.05) is 60.1 Å². The van der Waals surface area contributed by atoms with E-state index in [1.54, 1.807) is 24.3 Å². The van der Waals surface area contributed by atoms with E-state index in [-0.39, 0.29) is 24.8 Å². The number of carbonyl (C=O) groups excluding carboxylic acids is 2. The molecule has 0 heterocycles. The highest BCUT2D eigenvalue weighted by atomic mass is 35.5. The van der Waals surface area contributed by atoms with Gasteiger partial charge in [0.2, 0.25) is 5.91 Å². The minimum atomic E-state index is -0.232. The quantitative estimate of drug-likeness (QED) is 0.649. The molecule has 0 spiro atoms. The highest BCUT2D eigenvalue weighted by molar-refractivity contribution is 6.30. The molecule has 2 N–H and O–H groups in total. The van der Waals surface area contributed by atoms with E-state index in [2.05, 4.69) is 10.6 Å². The van der Waals surface area contributed by atoms with Gasteiger partial charge in [-0.25, -0.2) is 0 Å². The van der Waals surface area contributed by atoms with Crippen molar-refractivity contribution in [3.8, 4) is 11.1 Å². The molecule has 0 saturated carbocycles. The van der Waals surface area contributed by atoms with E-state index in [0.29, 0.717) is 10.6 Å². The van der Waals surface area contributed by atoms with Crippen LogP contribution in [0.4, 0.5) is 5.69 Å². The summed E-state index contributed by atoms with van der Waals surface area (Å²) in [5.74, 6) is -0.390. The van der Waals surface area contributed by atoms with E-state index in [1.165, 1.54) is 0 Å². The highest BCUT2D eigenvalue weighted by Crippen LogP contribution is 2.27. The normalized spacial score (nSPS) is 10.3. The highest BCUT2D eigenvalue weighted by Gasteiger charge is 2.09. The number of nitrogens with one attached hydrogen (secondary N) is 2. The maximum atomic E-state index is 12.3. The number of amides is 2. The van der Waals surface area contributed by atoms with Crippen LogP contribution in [0.1, 0.15) is 16.8 Å². The van der Waals surface area contributed by atoms with Crippen molar-refractivity contribution in [3.63, 3.8) is 0 Å². The fourth-order valence-electron chi connectivity index (χ4n) is 2.67. The van der Waals surface area contributed by atoms with Crippen molar-refractivity contribution >= 4 is 29.1 Å². The summed E-state index contributed by atoms with van der Waals surface area (Å²) in [6, 6.07) is 24.1. The van der Waals surface area contributed by atoms with E-state index in [9.17, 15) is 9.59 Å². The number of halogens is 1. The molecule has 0 saturated heterocycles. The van der Waals surface area contributed by atoms with Crippen LogP contribution in [-0.2, 0) is 4.79 Å². The van der Waals surface area contributed by atoms with Crippen molar-refractivity contribution in [3.05, 3.63) is 89.4 Å². The molecule has 0 aromatic heterocycles. The standard InChI is InChI=1S/C22H19ClN2O2/c23-18-12-10-17(11-13-18)22(27)24-15-14-21(26)25-20-9-5-4-8-19(20)16-6-2-1-3-7-16/h1-13H,14-15H2,(H,24,27)(H,25,26). The van der Waals surface area contributed by atoms with Crippen molar-refractivity contribution in [2.45, 2.75) is 6.42 Å². The van der Waals surface area contributed by atoms with Crippen LogP contribution in [0, 0.1) is 0 Å². The minimum absolute atomic E-state index is 0.158. The zero-order valence-electron chi connectivity index (χ0n) is 14.6. The van der Waals surface area contributed by atoms with E-state index in [1.807, 2.05) is 54.6 Å². The van der Waals surface area contributed by atoms with Gasteiger partial charge in [-0.15, -0.1) is 0 Å². The number of anilines is 1. The maximum Gasteiger partial charge on any atom is 0.251 e. The number of hydrogen-bond acceptors (Lipinski definition) is 2. The van der Waals surface area contributed by atoms with Crippen LogP contribution in [0.5, 0.6) is 0 Å². The molecule has 3 rings (SSSR count). The Hall–Kier alpha value is -3.11. The molecular weight excluding hydrogens is 360 g/mol. The minimum Gasteiger partial charge on any atom is -0.352 e. The Balaban J connectivity index is 1.56. The van der Waals surface area contributed by atoms with Crippen LogP contribution in [0.15, 0.2) is 78.9 Å². The van der Waals surface area contributed by atoms with Crippen molar-refractivity contribution in [2.75, 3.05) is 11.9 Å². The molecule has 2 amide bonds. The van der Waals surface area contributed by atoms with Gasteiger partial charge in [0.15, 0.2) is 0 Å². The second-order valence-electron chi connectivity index (χ2n) is 5.97. The predicted octanol–water partition coefficient (Wildman–Crippen LogP) is 4.77. The molecule has 0 aliphatic heterocycles. The fourth-order valence-corrected chi connectivity index (χ4v) is 2.79. The number of carbonyl (C=O) groups is 2. The van der Waals surface area contributed by atoms with Gasteiger partial charge in [0.05, 0.1) is 0 Å². The Bertz CT molecular complexity index is 925. The second-order valence-corrected chi connectivity index (χ2v) is 6.41. The third-order valence-electron chi connectivity index (χ3n) is 4.03. The summed E-state index contributed by atoms with van der Waals surface area (Å²) in [4.78, 5) is 24.3. The lowest BCUT2D eigenvalue weighted by atomic mass is 10.0. The topological polar surface area (TPSA) is 58.2 Å². The Morgan fingerprint density at radius 1 is 0.815 bits per heavy atom. The van der Waals surface area contributed by atoms with Crippen molar-refractivity contribution in [1.82, 2.24) is 5.32 Å². The van der Waals surface area contributed by atoms with Crippen molar-refractivity contribution < 1.29 is 9.59 Å². The summed E-state index contributed by atoms with van der Waals surface area (Å²) in [5, 5.41) is 6.23. The first kappa shape index (κ1) is 18.7. The first-order valence-corrected chi connectivity index (χ1v) is 8.99. The second kappa shape index (κ2) is 9.01. The molecule has 0 unspecified atom stereocenters. The largest absolute Gasteiger partial charge is 0.352 e. The van der Waals surface area contributed by atoms with Gasteiger partial charge >= 0.3 is 0 Å². The Labute approximate surface area is 163 Å². The van der Waals surface area contributed by atoms with E-state index < -0.39 is 0 Å². The molecule has 0 aliphatic carbocycles. The van der Waals surface area contributed by atoms with Gasteiger partial charge < -0.3 is 10.6 Å². The van der Waals surface area contributed by atoms with Crippen LogP contribution < -0.4 is 10.6 Å². The Kier molecular flexibility index (Phi) is 6.23. The monoisotopic (exact) mass is 378 g/mol. The first-order chi connectivity index (χ1) is 13.1. The molecule has 27 heavy (non-hydrogen) atoms. The van der Waals surface area contributed by atoms with Crippen LogP contribution >= 0.6 is 11.6 Å². The lowest BCUT2D eigenvalue weighted by Crippen LogP contribution is -2.27. The van der Waals surface area contributed by atoms with Gasteiger partial charge in [0.25, 0.3) is 5.91 Å². The van der Waals surface area contributed by atoms with E-state index in [4.69, 9.17) is 11.6 Å². The predicted molar refractivity (Wildman–Crippen MR) is 109 cm³/mol. The summed E-state index contributed by atoms with van der Waals surface area (Å²) in [6.07, 6.45) is 0.183. The molecule has 0 fully saturated rings. The number of benzene rings is 3. The van der Waals surface area contributed by atoms with Gasteiger partial charge in [-0.3, -0.25) is 9.59 Å². The van der Waals surface area contributed by atoms with Crippen LogP contribution in [0.25, 0.3) is 11.1 Å².